The van der Waals surface area contributed by atoms with E-state index in [0.717, 1.165) is 36.9 Å². The lowest BCUT2D eigenvalue weighted by molar-refractivity contribution is 0.136. The van der Waals surface area contributed by atoms with Crippen LogP contribution in [0.2, 0.25) is 0 Å². The molecule has 6 heteroatoms. The van der Waals surface area contributed by atoms with Gasteiger partial charge in [-0.1, -0.05) is 62.4 Å². The third-order valence-electron chi connectivity index (χ3n) is 8.33. The average Bonchev–Trinajstić information content (AvgIpc) is 3.38. The van der Waals surface area contributed by atoms with Crippen LogP contribution in [0.4, 0.5) is 10.5 Å². The zero-order valence-corrected chi connectivity index (χ0v) is 22.8. The SMILES string of the molecule is COc1ccc(CCN2CCC[C@H]2CN(C)[C@@H](CNC(=O)Nc2ccccc2)CC2CCCCC2)cc1. The number of carbonyl (C=O) groups is 1. The molecule has 0 unspecified atom stereocenters. The van der Waals surface area contributed by atoms with Crippen molar-refractivity contribution in [1.82, 2.24) is 15.1 Å². The first-order chi connectivity index (χ1) is 18.1. The van der Waals surface area contributed by atoms with Crippen LogP contribution in [-0.4, -0.2) is 68.3 Å². The molecule has 1 heterocycles. The van der Waals surface area contributed by atoms with Gasteiger partial charge in [-0.2, -0.15) is 0 Å². The summed E-state index contributed by atoms with van der Waals surface area (Å²) in [6, 6.07) is 19.0. The van der Waals surface area contributed by atoms with Gasteiger partial charge in [0, 0.05) is 37.4 Å². The molecule has 2 aromatic rings. The van der Waals surface area contributed by atoms with E-state index in [0.29, 0.717) is 18.6 Å². The minimum atomic E-state index is -0.116. The highest BCUT2D eigenvalue weighted by Crippen LogP contribution is 2.29. The minimum absolute atomic E-state index is 0.116. The molecule has 2 fully saturated rings. The Bertz CT molecular complexity index is 930. The number of benzene rings is 2. The second kappa shape index (κ2) is 14.4. The Hall–Kier alpha value is -2.57. The maximum absolute atomic E-state index is 12.6. The highest BCUT2D eigenvalue weighted by molar-refractivity contribution is 5.89. The lowest BCUT2D eigenvalue weighted by Crippen LogP contribution is -2.48. The quantitative estimate of drug-likeness (QED) is 0.382. The van der Waals surface area contributed by atoms with Crippen molar-refractivity contribution in [2.45, 2.75) is 69.9 Å². The van der Waals surface area contributed by atoms with Gasteiger partial charge in [0.05, 0.1) is 7.11 Å². The largest absolute Gasteiger partial charge is 0.497 e. The van der Waals surface area contributed by atoms with Crippen LogP contribution in [-0.2, 0) is 6.42 Å². The topological polar surface area (TPSA) is 56.8 Å². The zero-order valence-electron chi connectivity index (χ0n) is 22.8. The predicted molar refractivity (Wildman–Crippen MR) is 152 cm³/mol. The number of ether oxygens (including phenoxy) is 1. The lowest BCUT2D eigenvalue weighted by Gasteiger charge is -2.36. The Morgan fingerprint density at radius 2 is 1.78 bits per heavy atom. The average molecular weight is 507 g/mol. The van der Waals surface area contributed by atoms with Gasteiger partial charge in [0.25, 0.3) is 0 Å². The van der Waals surface area contributed by atoms with E-state index in [9.17, 15) is 4.79 Å². The van der Waals surface area contributed by atoms with E-state index in [1.165, 1.54) is 63.5 Å². The second-order valence-electron chi connectivity index (χ2n) is 11.0. The van der Waals surface area contributed by atoms with Crippen LogP contribution in [0.3, 0.4) is 0 Å². The first kappa shape index (κ1) is 27.5. The molecule has 0 spiro atoms. The van der Waals surface area contributed by atoms with Gasteiger partial charge in [-0.25, -0.2) is 4.79 Å². The molecule has 4 rings (SSSR count). The summed E-state index contributed by atoms with van der Waals surface area (Å²) in [7, 11) is 3.98. The van der Waals surface area contributed by atoms with Crippen molar-refractivity contribution in [3.8, 4) is 5.75 Å². The molecule has 1 aliphatic heterocycles. The molecule has 2 aliphatic rings. The monoisotopic (exact) mass is 506 g/mol. The van der Waals surface area contributed by atoms with E-state index in [-0.39, 0.29) is 6.03 Å². The Morgan fingerprint density at radius 3 is 2.51 bits per heavy atom. The molecule has 1 saturated heterocycles. The molecule has 2 amide bonds. The van der Waals surface area contributed by atoms with E-state index in [1.807, 2.05) is 30.3 Å². The summed E-state index contributed by atoms with van der Waals surface area (Å²) in [4.78, 5) is 17.8. The molecule has 2 N–H and O–H groups in total. The first-order valence-corrected chi connectivity index (χ1v) is 14.3. The van der Waals surface area contributed by atoms with E-state index >= 15 is 0 Å². The summed E-state index contributed by atoms with van der Waals surface area (Å²) in [6.45, 7) is 4.02. The highest BCUT2D eigenvalue weighted by atomic mass is 16.5. The van der Waals surface area contributed by atoms with Crippen LogP contribution < -0.4 is 15.4 Å². The fourth-order valence-corrected chi connectivity index (χ4v) is 6.08. The van der Waals surface area contributed by atoms with Crippen LogP contribution in [0.15, 0.2) is 54.6 Å². The fourth-order valence-electron chi connectivity index (χ4n) is 6.08. The van der Waals surface area contributed by atoms with Crippen molar-refractivity contribution in [2.75, 3.05) is 45.7 Å². The lowest BCUT2D eigenvalue weighted by atomic mass is 9.84. The van der Waals surface area contributed by atoms with Crippen LogP contribution in [0.5, 0.6) is 5.75 Å². The summed E-state index contributed by atoms with van der Waals surface area (Å²) in [5.41, 5.74) is 2.19. The number of carbonyl (C=O) groups excluding carboxylic acids is 1. The smallest absolute Gasteiger partial charge is 0.319 e. The predicted octanol–water partition coefficient (Wildman–Crippen LogP) is 5.79. The highest BCUT2D eigenvalue weighted by Gasteiger charge is 2.29. The molecule has 37 heavy (non-hydrogen) atoms. The molecule has 2 atom stereocenters. The summed E-state index contributed by atoms with van der Waals surface area (Å²) < 4.78 is 5.30. The molecular weight excluding hydrogens is 460 g/mol. The van der Waals surface area contributed by atoms with Crippen molar-refractivity contribution < 1.29 is 9.53 Å². The maximum atomic E-state index is 12.6. The van der Waals surface area contributed by atoms with Crippen molar-refractivity contribution in [1.29, 1.82) is 0 Å². The van der Waals surface area contributed by atoms with E-state index < -0.39 is 0 Å². The first-order valence-electron chi connectivity index (χ1n) is 14.3. The Morgan fingerprint density at radius 1 is 1.03 bits per heavy atom. The Kier molecular flexibility index (Phi) is 10.7. The number of methoxy groups -OCH3 is 1. The molecule has 0 radical (unpaired) electrons. The van der Waals surface area contributed by atoms with Crippen molar-refractivity contribution in [2.24, 2.45) is 5.92 Å². The van der Waals surface area contributed by atoms with Gasteiger partial charge >= 0.3 is 6.03 Å². The Labute approximate surface area is 223 Å². The standard InChI is InChI=1S/C31H46N4O2/c1-34(24-28-14-9-20-35(28)21-19-25-15-17-30(37-2)18-16-25)29(22-26-10-5-3-6-11-26)23-32-31(36)33-27-12-7-4-8-13-27/h4,7-8,12-13,15-18,26,28-29H,3,5-6,9-11,14,19-24H2,1-2H3,(H2,32,33,36)/t28-,29+/m0/s1. The Balaban J connectivity index is 1.31. The summed E-state index contributed by atoms with van der Waals surface area (Å²) in [5.74, 6) is 1.69. The summed E-state index contributed by atoms with van der Waals surface area (Å²) in [6.07, 6.45) is 11.5. The second-order valence-corrected chi connectivity index (χ2v) is 11.0. The van der Waals surface area contributed by atoms with Gasteiger partial charge in [0.15, 0.2) is 0 Å². The van der Waals surface area contributed by atoms with Gasteiger partial charge in [-0.3, -0.25) is 4.90 Å². The molecule has 6 nitrogen and oxygen atoms in total. The normalized spacial score (nSPS) is 19.6. The number of likely N-dealkylation sites (tertiary alicyclic amines) is 1. The number of para-hydroxylation sites is 1. The summed E-state index contributed by atoms with van der Waals surface area (Å²) >= 11 is 0. The molecule has 0 aromatic heterocycles. The maximum Gasteiger partial charge on any atom is 0.319 e. The van der Waals surface area contributed by atoms with Crippen molar-refractivity contribution in [3.63, 3.8) is 0 Å². The number of nitrogens with zero attached hydrogens (tertiary/aromatic N) is 2. The third-order valence-corrected chi connectivity index (χ3v) is 8.33. The van der Waals surface area contributed by atoms with E-state index in [4.69, 9.17) is 4.74 Å². The van der Waals surface area contributed by atoms with E-state index in [2.05, 4.69) is 51.7 Å². The molecule has 202 valence electrons. The number of hydrogen-bond acceptors (Lipinski definition) is 4. The van der Waals surface area contributed by atoms with Gasteiger partial charge < -0.3 is 20.3 Å². The third kappa shape index (κ3) is 8.75. The number of anilines is 1. The van der Waals surface area contributed by atoms with Crippen molar-refractivity contribution in [3.05, 3.63) is 60.2 Å². The van der Waals surface area contributed by atoms with Crippen LogP contribution in [0.25, 0.3) is 0 Å². The van der Waals surface area contributed by atoms with Crippen LogP contribution in [0, 0.1) is 5.92 Å². The van der Waals surface area contributed by atoms with E-state index in [1.54, 1.807) is 7.11 Å². The van der Waals surface area contributed by atoms with Crippen molar-refractivity contribution >= 4 is 11.7 Å². The molecule has 1 aliphatic carbocycles. The fraction of sp³-hybridized carbons (Fsp3) is 0.581. The number of nitrogens with one attached hydrogen (secondary N) is 2. The van der Waals surface area contributed by atoms with Crippen LogP contribution in [0.1, 0.15) is 56.9 Å². The number of amides is 2. The van der Waals surface area contributed by atoms with Gasteiger partial charge in [0.1, 0.15) is 5.75 Å². The molecule has 2 aromatic carbocycles. The minimum Gasteiger partial charge on any atom is -0.497 e. The number of rotatable bonds is 12. The molecular formula is C31H46N4O2. The van der Waals surface area contributed by atoms with Gasteiger partial charge in [-0.15, -0.1) is 0 Å². The van der Waals surface area contributed by atoms with Crippen LogP contribution >= 0.6 is 0 Å². The summed E-state index contributed by atoms with van der Waals surface area (Å²) in [5, 5.41) is 6.15. The zero-order chi connectivity index (χ0) is 25.9. The molecule has 0 bridgehead atoms. The van der Waals surface area contributed by atoms with Gasteiger partial charge in [0.2, 0.25) is 0 Å². The number of likely N-dealkylation sites (N-methyl/N-ethyl adjacent to an activating group) is 1. The number of urea groups is 1. The molecule has 1 saturated carbocycles. The van der Waals surface area contributed by atoms with Gasteiger partial charge in [-0.05, 0) is 75.0 Å². The number of hydrogen-bond donors (Lipinski definition) is 2.